The van der Waals surface area contributed by atoms with Gasteiger partial charge in [-0.15, -0.1) is 0 Å². The number of hydrogen-bond donors (Lipinski definition) is 1. The van der Waals surface area contributed by atoms with Crippen LogP contribution in [0.25, 0.3) is 0 Å². The van der Waals surface area contributed by atoms with Gasteiger partial charge >= 0.3 is 12.1 Å². The molecule has 1 N–H and O–H groups in total. The van der Waals surface area contributed by atoms with Crippen molar-refractivity contribution < 1.29 is 23.1 Å². The van der Waals surface area contributed by atoms with E-state index in [-0.39, 0.29) is 12.6 Å². The number of halogens is 3. The van der Waals surface area contributed by atoms with E-state index in [1.54, 1.807) is 11.8 Å². The van der Waals surface area contributed by atoms with Crippen LogP contribution in [0.1, 0.15) is 24.9 Å². The quantitative estimate of drug-likeness (QED) is 0.928. The predicted octanol–water partition coefficient (Wildman–Crippen LogP) is 3.09. The van der Waals surface area contributed by atoms with Crippen molar-refractivity contribution in [2.24, 2.45) is 5.41 Å². The van der Waals surface area contributed by atoms with Crippen LogP contribution in [0.15, 0.2) is 30.3 Å². The van der Waals surface area contributed by atoms with Gasteiger partial charge in [-0.3, -0.25) is 9.69 Å². The number of likely N-dealkylation sites (tertiary alicyclic amines) is 1. The van der Waals surface area contributed by atoms with Gasteiger partial charge in [0, 0.05) is 19.1 Å². The van der Waals surface area contributed by atoms with E-state index >= 15 is 0 Å². The topological polar surface area (TPSA) is 40.5 Å². The van der Waals surface area contributed by atoms with E-state index in [1.165, 1.54) is 0 Å². The Balaban J connectivity index is 2.21. The van der Waals surface area contributed by atoms with Crippen molar-refractivity contribution in [1.29, 1.82) is 0 Å². The zero-order valence-corrected chi connectivity index (χ0v) is 11.0. The summed E-state index contributed by atoms with van der Waals surface area (Å²) >= 11 is 0. The van der Waals surface area contributed by atoms with Crippen LogP contribution >= 0.6 is 0 Å². The third-order valence-electron chi connectivity index (χ3n) is 4.08. The van der Waals surface area contributed by atoms with Gasteiger partial charge in [0.05, 0.1) is 0 Å². The smallest absolute Gasteiger partial charge is 0.406 e. The van der Waals surface area contributed by atoms with Gasteiger partial charge in [0.2, 0.25) is 0 Å². The molecule has 1 aliphatic heterocycles. The SMILES string of the molecule is CC(c1ccccc1)N1CCC(C(=O)O)(C(F)(F)F)C1. The average Bonchev–Trinajstić information content (AvgIpc) is 2.85. The fraction of sp³-hybridized carbons (Fsp3) is 0.500. The number of carboxylic acids is 1. The van der Waals surface area contributed by atoms with Crippen LogP contribution in [-0.4, -0.2) is 35.2 Å². The number of hydrogen-bond acceptors (Lipinski definition) is 2. The number of aliphatic carboxylic acids is 1. The van der Waals surface area contributed by atoms with Gasteiger partial charge in [-0.2, -0.15) is 13.2 Å². The van der Waals surface area contributed by atoms with Gasteiger partial charge in [0.15, 0.2) is 5.41 Å². The molecular formula is C14H16F3NO2. The molecule has 0 aromatic heterocycles. The molecule has 3 nitrogen and oxygen atoms in total. The maximum absolute atomic E-state index is 13.1. The fourth-order valence-electron chi connectivity index (χ4n) is 2.64. The Hall–Kier alpha value is -1.56. The summed E-state index contributed by atoms with van der Waals surface area (Å²) in [6, 6.07) is 8.89. The minimum Gasteiger partial charge on any atom is -0.481 e. The Labute approximate surface area is 115 Å². The minimum atomic E-state index is -4.73. The summed E-state index contributed by atoms with van der Waals surface area (Å²) in [5.74, 6) is -1.78. The van der Waals surface area contributed by atoms with Gasteiger partial charge in [0.1, 0.15) is 0 Å². The first kappa shape index (κ1) is 14.8. The fourth-order valence-corrected chi connectivity index (χ4v) is 2.64. The van der Waals surface area contributed by atoms with Gasteiger partial charge in [-0.05, 0) is 18.9 Å². The number of alkyl halides is 3. The van der Waals surface area contributed by atoms with Crippen LogP contribution in [0.5, 0.6) is 0 Å². The van der Waals surface area contributed by atoms with Crippen LogP contribution in [0.3, 0.4) is 0 Å². The molecule has 0 amide bonds. The lowest BCUT2D eigenvalue weighted by atomic mass is 9.86. The third-order valence-corrected chi connectivity index (χ3v) is 4.08. The molecule has 2 rings (SSSR count). The van der Waals surface area contributed by atoms with Crippen molar-refractivity contribution >= 4 is 5.97 Å². The summed E-state index contributed by atoms with van der Waals surface area (Å²) < 4.78 is 39.3. The summed E-state index contributed by atoms with van der Waals surface area (Å²) in [6.07, 6.45) is -5.13. The van der Waals surface area contributed by atoms with E-state index in [4.69, 9.17) is 5.11 Å². The Morgan fingerprint density at radius 1 is 1.35 bits per heavy atom. The molecule has 2 atom stereocenters. The lowest BCUT2D eigenvalue weighted by molar-refractivity contribution is -0.227. The standard InChI is InChI=1S/C14H16F3NO2/c1-10(11-5-3-2-4-6-11)18-8-7-13(9-18,12(19)20)14(15,16)17/h2-6,10H,7-9H2,1H3,(H,19,20). The van der Waals surface area contributed by atoms with Crippen molar-refractivity contribution in [3.05, 3.63) is 35.9 Å². The molecule has 0 aliphatic carbocycles. The number of rotatable bonds is 3. The van der Waals surface area contributed by atoms with Crippen LogP contribution in [0.2, 0.25) is 0 Å². The zero-order chi connectivity index (χ0) is 15.0. The Morgan fingerprint density at radius 3 is 2.40 bits per heavy atom. The first-order valence-electron chi connectivity index (χ1n) is 6.37. The third kappa shape index (κ3) is 2.40. The molecule has 1 aliphatic rings. The highest BCUT2D eigenvalue weighted by molar-refractivity contribution is 5.76. The second kappa shape index (κ2) is 5.09. The predicted molar refractivity (Wildman–Crippen MR) is 67.2 cm³/mol. The summed E-state index contributed by atoms with van der Waals surface area (Å²) in [7, 11) is 0. The van der Waals surface area contributed by atoms with Crippen LogP contribution in [0.4, 0.5) is 13.2 Å². The summed E-state index contributed by atoms with van der Waals surface area (Å²) in [6.45, 7) is 1.42. The molecular weight excluding hydrogens is 271 g/mol. The van der Waals surface area contributed by atoms with Crippen molar-refractivity contribution in [1.82, 2.24) is 4.90 Å². The first-order chi connectivity index (χ1) is 9.28. The molecule has 6 heteroatoms. The summed E-state index contributed by atoms with van der Waals surface area (Å²) in [5.41, 5.74) is -1.76. The number of nitrogens with zero attached hydrogens (tertiary/aromatic N) is 1. The van der Waals surface area contributed by atoms with E-state index in [1.807, 2.05) is 30.3 Å². The minimum absolute atomic E-state index is 0.127. The number of carbonyl (C=O) groups is 1. The van der Waals surface area contributed by atoms with Gasteiger partial charge in [0.25, 0.3) is 0 Å². The first-order valence-corrected chi connectivity index (χ1v) is 6.37. The maximum Gasteiger partial charge on any atom is 0.406 e. The highest BCUT2D eigenvalue weighted by atomic mass is 19.4. The van der Waals surface area contributed by atoms with Gasteiger partial charge < -0.3 is 5.11 Å². The largest absolute Gasteiger partial charge is 0.481 e. The van der Waals surface area contributed by atoms with Crippen molar-refractivity contribution in [2.75, 3.05) is 13.1 Å². The monoisotopic (exact) mass is 287 g/mol. The van der Waals surface area contributed by atoms with E-state index in [0.717, 1.165) is 5.56 Å². The molecule has 0 radical (unpaired) electrons. The van der Waals surface area contributed by atoms with Gasteiger partial charge in [-0.25, -0.2) is 0 Å². The van der Waals surface area contributed by atoms with E-state index in [2.05, 4.69) is 0 Å². The summed E-state index contributed by atoms with van der Waals surface area (Å²) in [5, 5.41) is 9.02. The molecule has 1 aromatic carbocycles. The second-order valence-electron chi connectivity index (χ2n) is 5.19. The highest BCUT2D eigenvalue weighted by Crippen LogP contribution is 2.47. The molecule has 0 spiro atoms. The molecule has 0 saturated carbocycles. The molecule has 2 unspecified atom stereocenters. The maximum atomic E-state index is 13.1. The lowest BCUT2D eigenvalue weighted by Crippen LogP contribution is -2.47. The lowest BCUT2D eigenvalue weighted by Gasteiger charge is -2.29. The Morgan fingerprint density at radius 2 is 1.95 bits per heavy atom. The molecule has 0 bridgehead atoms. The normalized spacial score (nSPS) is 25.6. The van der Waals surface area contributed by atoms with Gasteiger partial charge in [-0.1, -0.05) is 30.3 Å². The number of benzene rings is 1. The number of carboxylic acid groups (broad SMARTS) is 1. The molecule has 1 fully saturated rings. The molecule has 1 heterocycles. The summed E-state index contributed by atoms with van der Waals surface area (Å²) in [4.78, 5) is 12.7. The molecule has 1 saturated heterocycles. The average molecular weight is 287 g/mol. The Kier molecular flexibility index (Phi) is 3.77. The molecule has 20 heavy (non-hydrogen) atoms. The molecule has 1 aromatic rings. The van der Waals surface area contributed by atoms with Crippen LogP contribution in [-0.2, 0) is 4.79 Å². The van der Waals surface area contributed by atoms with Crippen molar-refractivity contribution in [2.45, 2.75) is 25.6 Å². The molecule has 110 valence electrons. The van der Waals surface area contributed by atoms with Crippen LogP contribution in [0, 0.1) is 5.41 Å². The zero-order valence-electron chi connectivity index (χ0n) is 11.0. The van der Waals surface area contributed by atoms with Crippen molar-refractivity contribution in [3.63, 3.8) is 0 Å². The van der Waals surface area contributed by atoms with E-state index in [9.17, 15) is 18.0 Å². The van der Waals surface area contributed by atoms with E-state index < -0.39 is 30.5 Å². The second-order valence-corrected chi connectivity index (χ2v) is 5.19. The highest BCUT2D eigenvalue weighted by Gasteiger charge is 2.63. The van der Waals surface area contributed by atoms with Crippen LogP contribution < -0.4 is 0 Å². The van der Waals surface area contributed by atoms with E-state index in [0.29, 0.717) is 0 Å². The Bertz CT molecular complexity index is 489. The van der Waals surface area contributed by atoms with Crippen molar-refractivity contribution in [3.8, 4) is 0 Å².